The zero-order valence-electron chi connectivity index (χ0n) is 11.0. The molecule has 2 heterocycles. The van der Waals surface area contributed by atoms with Crippen molar-refractivity contribution in [1.82, 2.24) is 9.97 Å². The van der Waals surface area contributed by atoms with Gasteiger partial charge in [-0.25, -0.2) is 9.78 Å². The molecule has 0 amide bonds. The molecule has 0 atom stereocenters. The maximum absolute atomic E-state index is 12.4. The number of ether oxygens (including phenoxy) is 2. The quantitative estimate of drug-likeness (QED) is 0.830. The van der Waals surface area contributed by atoms with Crippen LogP contribution in [0.2, 0.25) is 0 Å². The molecule has 1 aromatic heterocycles. The number of imidazole rings is 1. The Balaban J connectivity index is 1.97. The number of aromatic nitrogens is 2. The summed E-state index contributed by atoms with van der Waals surface area (Å²) in [6, 6.07) is 4.75. The van der Waals surface area contributed by atoms with Crippen LogP contribution < -0.4 is 9.47 Å². The second-order valence-electron chi connectivity index (χ2n) is 4.47. The zero-order valence-corrected chi connectivity index (χ0v) is 11.0. The van der Waals surface area contributed by atoms with Crippen LogP contribution in [0, 0.1) is 0 Å². The number of fused-ring (bicyclic) bond motifs is 1. The van der Waals surface area contributed by atoms with Gasteiger partial charge in [0.2, 0.25) is 5.78 Å². The summed E-state index contributed by atoms with van der Waals surface area (Å²) in [6.45, 7) is 1.07. The number of rotatable bonds is 3. The average Bonchev–Trinajstić information content (AvgIpc) is 2.85. The van der Waals surface area contributed by atoms with Gasteiger partial charge < -0.3 is 19.6 Å². The first-order chi connectivity index (χ1) is 10.2. The van der Waals surface area contributed by atoms with Crippen molar-refractivity contribution in [3.05, 3.63) is 41.5 Å². The molecular formula is C14H12N2O5. The number of benzene rings is 1. The van der Waals surface area contributed by atoms with E-state index in [0.29, 0.717) is 30.3 Å². The predicted octanol–water partition coefficient (Wildman–Crippen LogP) is 1.50. The molecule has 7 heteroatoms. The van der Waals surface area contributed by atoms with Gasteiger partial charge in [-0.15, -0.1) is 0 Å². The van der Waals surface area contributed by atoms with E-state index in [9.17, 15) is 9.59 Å². The van der Waals surface area contributed by atoms with E-state index < -0.39 is 11.8 Å². The third-order valence-electron chi connectivity index (χ3n) is 3.08. The van der Waals surface area contributed by atoms with Crippen LogP contribution in [0.1, 0.15) is 33.0 Å². The number of aromatic amines is 1. The van der Waals surface area contributed by atoms with E-state index in [1.807, 2.05) is 0 Å². The minimum atomic E-state index is -1.23. The number of nitrogens with zero attached hydrogens (tertiary/aromatic N) is 1. The molecule has 21 heavy (non-hydrogen) atoms. The van der Waals surface area contributed by atoms with Crippen LogP contribution in [0.4, 0.5) is 0 Å². The minimum absolute atomic E-state index is 0.128. The average molecular weight is 288 g/mol. The molecular weight excluding hydrogens is 276 g/mol. The summed E-state index contributed by atoms with van der Waals surface area (Å²) in [6.07, 6.45) is 1.94. The standard InChI is InChI=1S/C14H12N2O5/c17-13(11-12(14(18)19)16-7-15-11)8-2-3-9-10(6-8)21-5-1-4-20-9/h2-3,6-7H,1,4-5H2,(H,15,16)(H,18,19). The molecule has 0 saturated heterocycles. The lowest BCUT2D eigenvalue weighted by Crippen LogP contribution is -2.09. The lowest BCUT2D eigenvalue weighted by Gasteiger charge is -2.08. The molecule has 2 aromatic rings. The van der Waals surface area contributed by atoms with E-state index in [1.54, 1.807) is 18.2 Å². The highest BCUT2D eigenvalue weighted by atomic mass is 16.5. The first kappa shape index (κ1) is 13.2. The zero-order chi connectivity index (χ0) is 14.8. The number of aromatic carboxylic acids is 1. The van der Waals surface area contributed by atoms with Crippen molar-refractivity contribution in [3.63, 3.8) is 0 Å². The highest BCUT2D eigenvalue weighted by Gasteiger charge is 2.22. The van der Waals surface area contributed by atoms with E-state index in [4.69, 9.17) is 14.6 Å². The lowest BCUT2D eigenvalue weighted by molar-refractivity contribution is 0.0687. The summed E-state index contributed by atoms with van der Waals surface area (Å²) in [7, 11) is 0. The molecule has 108 valence electrons. The Morgan fingerprint density at radius 2 is 1.95 bits per heavy atom. The number of hydrogen-bond donors (Lipinski definition) is 2. The van der Waals surface area contributed by atoms with Crippen LogP contribution in [0.15, 0.2) is 24.5 Å². The van der Waals surface area contributed by atoms with Gasteiger partial charge in [0.25, 0.3) is 0 Å². The minimum Gasteiger partial charge on any atom is -0.490 e. The maximum Gasteiger partial charge on any atom is 0.354 e. The summed E-state index contributed by atoms with van der Waals surface area (Å²) in [4.78, 5) is 29.6. The number of carbonyl (C=O) groups is 2. The molecule has 7 nitrogen and oxygen atoms in total. The molecule has 0 aliphatic carbocycles. The first-order valence-electron chi connectivity index (χ1n) is 6.38. The molecule has 0 radical (unpaired) electrons. The fourth-order valence-corrected chi connectivity index (χ4v) is 2.07. The molecule has 0 unspecified atom stereocenters. The number of hydrogen-bond acceptors (Lipinski definition) is 5. The van der Waals surface area contributed by atoms with Crippen molar-refractivity contribution in [2.75, 3.05) is 13.2 Å². The number of carboxylic acids is 1. The van der Waals surface area contributed by atoms with Gasteiger partial charge in [0, 0.05) is 12.0 Å². The molecule has 1 aliphatic heterocycles. The Kier molecular flexibility index (Phi) is 3.31. The normalized spacial score (nSPS) is 13.5. The molecule has 0 bridgehead atoms. The number of nitrogens with one attached hydrogen (secondary N) is 1. The first-order valence-corrected chi connectivity index (χ1v) is 6.38. The van der Waals surface area contributed by atoms with Gasteiger partial charge in [-0.3, -0.25) is 4.79 Å². The largest absolute Gasteiger partial charge is 0.490 e. The van der Waals surface area contributed by atoms with Crippen LogP contribution in [0.5, 0.6) is 11.5 Å². The van der Waals surface area contributed by atoms with Gasteiger partial charge >= 0.3 is 5.97 Å². The highest BCUT2D eigenvalue weighted by Crippen LogP contribution is 2.31. The summed E-state index contributed by atoms with van der Waals surface area (Å²) in [5.74, 6) is -0.662. The summed E-state index contributed by atoms with van der Waals surface area (Å²) >= 11 is 0. The van der Waals surface area contributed by atoms with Crippen molar-refractivity contribution in [2.24, 2.45) is 0 Å². The molecule has 2 N–H and O–H groups in total. The third kappa shape index (κ3) is 2.45. The molecule has 0 saturated carbocycles. The molecule has 3 rings (SSSR count). The predicted molar refractivity (Wildman–Crippen MR) is 71.0 cm³/mol. The molecule has 0 fully saturated rings. The Morgan fingerprint density at radius 1 is 1.19 bits per heavy atom. The lowest BCUT2D eigenvalue weighted by atomic mass is 10.1. The summed E-state index contributed by atoms with van der Waals surface area (Å²) in [5.41, 5.74) is -0.0575. The van der Waals surface area contributed by atoms with Crippen molar-refractivity contribution >= 4 is 11.8 Å². The summed E-state index contributed by atoms with van der Waals surface area (Å²) < 4.78 is 11.0. The second kappa shape index (κ2) is 5.28. The Labute approximate surface area is 119 Å². The second-order valence-corrected chi connectivity index (χ2v) is 4.47. The van der Waals surface area contributed by atoms with Gasteiger partial charge in [0.05, 0.1) is 19.5 Å². The van der Waals surface area contributed by atoms with E-state index >= 15 is 0 Å². The Hall–Kier alpha value is -2.83. The van der Waals surface area contributed by atoms with Gasteiger partial charge in [-0.1, -0.05) is 0 Å². The number of carbonyl (C=O) groups excluding carboxylic acids is 1. The van der Waals surface area contributed by atoms with Crippen molar-refractivity contribution in [1.29, 1.82) is 0 Å². The van der Waals surface area contributed by atoms with E-state index in [1.165, 1.54) is 6.33 Å². The number of H-pyrrole nitrogens is 1. The number of carboxylic acid groups (broad SMARTS) is 1. The molecule has 1 aliphatic rings. The van der Waals surface area contributed by atoms with Gasteiger partial charge in [-0.2, -0.15) is 0 Å². The smallest absolute Gasteiger partial charge is 0.354 e. The maximum atomic E-state index is 12.4. The van der Waals surface area contributed by atoms with Gasteiger partial charge in [0.15, 0.2) is 17.2 Å². The van der Waals surface area contributed by atoms with Crippen LogP contribution >= 0.6 is 0 Å². The molecule has 1 aromatic carbocycles. The monoisotopic (exact) mass is 288 g/mol. The Bertz CT molecular complexity index is 707. The SMILES string of the molecule is O=C(c1ccc2c(c1)OCCCO2)c1nc[nH]c1C(=O)O. The summed E-state index contributed by atoms with van der Waals surface area (Å²) in [5, 5.41) is 9.01. The van der Waals surface area contributed by atoms with E-state index in [2.05, 4.69) is 9.97 Å². The van der Waals surface area contributed by atoms with Crippen LogP contribution in [-0.4, -0.2) is 40.0 Å². The highest BCUT2D eigenvalue weighted by molar-refractivity contribution is 6.12. The topological polar surface area (TPSA) is 102 Å². The fourth-order valence-electron chi connectivity index (χ4n) is 2.07. The van der Waals surface area contributed by atoms with Crippen molar-refractivity contribution < 1.29 is 24.2 Å². The van der Waals surface area contributed by atoms with Crippen LogP contribution in [-0.2, 0) is 0 Å². The third-order valence-corrected chi connectivity index (χ3v) is 3.08. The fraction of sp³-hybridized carbons (Fsp3) is 0.214. The van der Waals surface area contributed by atoms with Crippen LogP contribution in [0.25, 0.3) is 0 Å². The molecule has 0 spiro atoms. The van der Waals surface area contributed by atoms with E-state index in [0.717, 1.165) is 6.42 Å². The van der Waals surface area contributed by atoms with Crippen molar-refractivity contribution in [2.45, 2.75) is 6.42 Å². The van der Waals surface area contributed by atoms with Gasteiger partial charge in [-0.05, 0) is 18.2 Å². The Morgan fingerprint density at radius 3 is 2.71 bits per heavy atom. The van der Waals surface area contributed by atoms with Crippen molar-refractivity contribution in [3.8, 4) is 11.5 Å². The van der Waals surface area contributed by atoms with E-state index in [-0.39, 0.29) is 11.4 Å². The van der Waals surface area contributed by atoms with Crippen LogP contribution in [0.3, 0.4) is 0 Å². The van der Waals surface area contributed by atoms with Gasteiger partial charge in [0.1, 0.15) is 5.69 Å². The number of ketones is 1.